The van der Waals surface area contributed by atoms with Gasteiger partial charge in [-0.3, -0.25) is 0 Å². The number of methoxy groups -OCH3 is 1. The van der Waals surface area contributed by atoms with Gasteiger partial charge in [-0.15, -0.1) is 0 Å². The molecule has 108 valence electrons. The molecule has 1 heterocycles. The summed E-state index contributed by atoms with van der Waals surface area (Å²) in [6.45, 7) is 11.5. The van der Waals surface area contributed by atoms with Crippen LogP contribution < -0.4 is 5.32 Å². The normalized spacial score (nSPS) is 22.0. The highest BCUT2D eigenvalue weighted by Crippen LogP contribution is 2.22. The Morgan fingerprint density at radius 3 is 2.50 bits per heavy atom. The maximum absolute atomic E-state index is 5.17. The van der Waals surface area contributed by atoms with E-state index in [1.807, 2.05) is 0 Å². The second-order valence-electron chi connectivity index (χ2n) is 5.75. The molecule has 0 radical (unpaired) electrons. The SMILES string of the molecule is CCCNC(C)C1CCN(C(C)CCOC)CC1. The average Bonchev–Trinajstić information content (AvgIpc) is 2.42. The predicted molar refractivity (Wildman–Crippen MR) is 78.0 cm³/mol. The van der Waals surface area contributed by atoms with Crippen molar-refractivity contribution in [2.24, 2.45) is 5.92 Å². The molecule has 0 aromatic rings. The zero-order valence-electron chi connectivity index (χ0n) is 12.7. The molecule has 1 saturated heterocycles. The summed E-state index contributed by atoms with van der Waals surface area (Å²) in [4.78, 5) is 2.63. The molecule has 3 nitrogen and oxygen atoms in total. The molecule has 0 spiro atoms. The number of likely N-dealkylation sites (tertiary alicyclic amines) is 1. The molecule has 18 heavy (non-hydrogen) atoms. The molecular weight excluding hydrogens is 224 g/mol. The minimum absolute atomic E-state index is 0.671. The minimum Gasteiger partial charge on any atom is -0.385 e. The number of ether oxygens (including phenoxy) is 1. The zero-order chi connectivity index (χ0) is 13.4. The smallest absolute Gasteiger partial charge is 0.0477 e. The molecule has 0 aromatic heterocycles. The number of piperidine rings is 1. The van der Waals surface area contributed by atoms with E-state index in [2.05, 4.69) is 31.0 Å². The Balaban J connectivity index is 2.23. The first-order valence-corrected chi connectivity index (χ1v) is 7.65. The highest BCUT2D eigenvalue weighted by Gasteiger charge is 2.25. The second kappa shape index (κ2) is 8.89. The Labute approximate surface area is 113 Å². The van der Waals surface area contributed by atoms with Gasteiger partial charge in [-0.1, -0.05) is 6.92 Å². The van der Waals surface area contributed by atoms with Crippen molar-refractivity contribution in [1.29, 1.82) is 0 Å². The van der Waals surface area contributed by atoms with Crippen molar-refractivity contribution in [3.63, 3.8) is 0 Å². The Hall–Kier alpha value is -0.120. The fraction of sp³-hybridized carbons (Fsp3) is 1.00. The van der Waals surface area contributed by atoms with Crippen molar-refractivity contribution in [3.8, 4) is 0 Å². The van der Waals surface area contributed by atoms with Gasteiger partial charge in [0.1, 0.15) is 0 Å². The van der Waals surface area contributed by atoms with E-state index in [-0.39, 0.29) is 0 Å². The molecule has 1 rings (SSSR count). The number of hydrogen-bond donors (Lipinski definition) is 1. The van der Waals surface area contributed by atoms with Gasteiger partial charge in [0.05, 0.1) is 0 Å². The minimum atomic E-state index is 0.671. The van der Waals surface area contributed by atoms with Crippen molar-refractivity contribution >= 4 is 0 Å². The first-order valence-electron chi connectivity index (χ1n) is 7.65. The number of rotatable bonds is 8. The molecule has 1 fully saturated rings. The standard InChI is InChI=1S/C15H32N2O/c1-5-9-16-14(3)15-6-10-17(11-7-15)13(2)8-12-18-4/h13-16H,5-12H2,1-4H3. The third kappa shape index (κ3) is 5.25. The lowest BCUT2D eigenvalue weighted by atomic mass is 9.89. The first-order chi connectivity index (χ1) is 8.69. The molecule has 1 N–H and O–H groups in total. The lowest BCUT2D eigenvalue weighted by Gasteiger charge is -2.38. The van der Waals surface area contributed by atoms with Crippen LogP contribution in [-0.2, 0) is 4.74 Å². The van der Waals surface area contributed by atoms with Gasteiger partial charge < -0.3 is 15.0 Å². The fourth-order valence-electron chi connectivity index (χ4n) is 2.87. The first kappa shape index (κ1) is 15.9. The van der Waals surface area contributed by atoms with Gasteiger partial charge in [0.15, 0.2) is 0 Å². The van der Waals surface area contributed by atoms with E-state index in [1.165, 1.54) is 32.4 Å². The van der Waals surface area contributed by atoms with E-state index in [1.54, 1.807) is 7.11 Å². The molecule has 1 aliphatic heterocycles. The lowest BCUT2D eigenvalue weighted by Crippen LogP contribution is -2.45. The largest absolute Gasteiger partial charge is 0.385 e. The summed E-state index contributed by atoms with van der Waals surface area (Å²) < 4.78 is 5.17. The lowest BCUT2D eigenvalue weighted by molar-refractivity contribution is 0.0982. The van der Waals surface area contributed by atoms with Crippen molar-refractivity contribution in [2.45, 2.75) is 58.5 Å². The van der Waals surface area contributed by atoms with Gasteiger partial charge >= 0.3 is 0 Å². The van der Waals surface area contributed by atoms with E-state index in [4.69, 9.17) is 4.74 Å². The fourth-order valence-corrected chi connectivity index (χ4v) is 2.87. The van der Waals surface area contributed by atoms with Gasteiger partial charge in [0, 0.05) is 25.8 Å². The Bertz CT molecular complexity index is 181. The maximum atomic E-state index is 5.17. The summed E-state index contributed by atoms with van der Waals surface area (Å²) in [7, 11) is 1.79. The van der Waals surface area contributed by atoms with E-state index in [9.17, 15) is 0 Å². The van der Waals surface area contributed by atoms with Crippen LogP contribution >= 0.6 is 0 Å². The third-order valence-electron chi connectivity index (χ3n) is 4.36. The molecule has 2 unspecified atom stereocenters. The monoisotopic (exact) mass is 256 g/mol. The highest BCUT2D eigenvalue weighted by atomic mass is 16.5. The summed E-state index contributed by atoms with van der Waals surface area (Å²) in [6, 6.07) is 1.35. The summed E-state index contributed by atoms with van der Waals surface area (Å²) in [6.07, 6.45) is 5.08. The van der Waals surface area contributed by atoms with Crippen LogP contribution in [0, 0.1) is 5.92 Å². The van der Waals surface area contributed by atoms with Crippen LogP contribution in [0.25, 0.3) is 0 Å². The van der Waals surface area contributed by atoms with Crippen molar-refractivity contribution < 1.29 is 4.74 Å². The maximum Gasteiger partial charge on any atom is 0.0477 e. The summed E-state index contributed by atoms with van der Waals surface area (Å²) in [5, 5.41) is 3.64. The van der Waals surface area contributed by atoms with Crippen LogP contribution in [-0.4, -0.2) is 50.3 Å². The molecule has 0 saturated carbocycles. The molecule has 2 atom stereocenters. The molecule has 0 amide bonds. The number of hydrogen-bond acceptors (Lipinski definition) is 3. The third-order valence-corrected chi connectivity index (χ3v) is 4.36. The van der Waals surface area contributed by atoms with Gasteiger partial charge in [-0.05, 0) is 65.1 Å². The molecule has 0 aliphatic carbocycles. The molecule has 1 aliphatic rings. The van der Waals surface area contributed by atoms with Crippen LogP contribution in [0.1, 0.15) is 46.5 Å². The topological polar surface area (TPSA) is 24.5 Å². The molecule has 3 heteroatoms. The van der Waals surface area contributed by atoms with Crippen LogP contribution in [0.3, 0.4) is 0 Å². The van der Waals surface area contributed by atoms with Gasteiger partial charge in [0.25, 0.3) is 0 Å². The molecular formula is C15H32N2O. The Morgan fingerprint density at radius 1 is 1.28 bits per heavy atom. The second-order valence-corrected chi connectivity index (χ2v) is 5.75. The van der Waals surface area contributed by atoms with Gasteiger partial charge in [0.2, 0.25) is 0 Å². The summed E-state index contributed by atoms with van der Waals surface area (Å²) in [5.41, 5.74) is 0. The number of nitrogens with zero attached hydrogens (tertiary/aromatic N) is 1. The van der Waals surface area contributed by atoms with Crippen LogP contribution in [0.4, 0.5) is 0 Å². The van der Waals surface area contributed by atoms with E-state index < -0.39 is 0 Å². The average molecular weight is 256 g/mol. The van der Waals surface area contributed by atoms with Gasteiger partial charge in [-0.2, -0.15) is 0 Å². The van der Waals surface area contributed by atoms with E-state index in [0.717, 1.165) is 25.5 Å². The van der Waals surface area contributed by atoms with E-state index in [0.29, 0.717) is 12.1 Å². The Morgan fingerprint density at radius 2 is 1.94 bits per heavy atom. The van der Waals surface area contributed by atoms with Crippen LogP contribution in [0.2, 0.25) is 0 Å². The zero-order valence-corrected chi connectivity index (χ0v) is 12.7. The van der Waals surface area contributed by atoms with E-state index >= 15 is 0 Å². The quantitative estimate of drug-likeness (QED) is 0.722. The summed E-state index contributed by atoms with van der Waals surface area (Å²) in [5.74, 6) is 0.863. The Kier molecular flexibility index (Phi) is 7.87. The number of nitrogens with one attached hydrogen (secondary N) is 1. The van der Waals surface area contributed by atoms with Gasteiger partial charge in [-0.25, -0.2) is 0 Å². The van der Waals surface area contributed by atoms with Crippen molar-refractivity contribution in [3.05, 3.63) is 0 Å². The van der Waals surface area contributed by atoms with Crippen LogP contribution in [0.5, 0.6) is 0 Å². The predicted octanol–water partition coefficient (Wildman–Crippen LogP) is 2.51. The summed E-state index contributed by atoms with van der Waals surface area (Å²) >= 11 is 0. The molecule has 0 bridgehead atoms. The van der Waals surface area contributed by atoms with Crippen molar-refractivity contribution in [1.82, 2.24) is 10.2 Å². The molecule has 0 aromatic carbocycles. The highest BCUT2D eigenvalue weighted by molar-refractivity contribution is 4.81. The van der Waals surface area contributed by atoms with Crippen molar-refractivity contribution in [2.75, 3.05) is 33.4 Å². The van der Waals surface area contributed by atoms with Crippen LogP contribution in [0.15, 0.2) is 0 Å².